The Morgan fingerprint density at radius 3 is 2.80 bits per heavy atom. The zero-order valence-electron chi connectivity index (χ0n) is 9.03. The third-order valence-corrected chi connectivity index (χ3v) is 1.84. The van der Waals surface area contributed by atoms with Crippen LogP contribution in [0.2, 0.25) is 0 Å². The summed E-state index contributed by atoms with van der Waals surface area (Å²) in [4.78, 5) is 11.1. The molecule has 4 N–H and O–H groups in total. The maximum absolute atomic E-state index is 11.1. The number of hydrogen-bond donors (Lipinski definition) is 3. The number of nitrogens with zero attached hydrogens (tertiary/aromatic N) is 1. The number of methoxy groups -OCH3 is 1. The molecule has 6 heteroatoms. The maximum atomic E-state index is 11.1. The number of nitrogens with one attached hydrogen (secondary N) is 1. The van der Waals surface area contributed by atoms with Crippen LogP contribution in [0.4, 0.5) is 0 Å². The molecular weight excluding hydrogens is 198 g/mol. The Labute approximate surface area is 89.5 Å². The van der Waals surface area contributed by atoms with Crippen LogP contribution in [0.1, 0.15) is 25.7 Å². The van der Waals surface area contributed by atoms with Crippen LogP contribution in [0.25, 0.3) is 0 Å². The van der Waals surface area contributed by atoms with E-state index < -0.39 is 0 Å². The average Bonchev–Trinajstić information content (AvgIpc) is 2.25. The molecule has 15 heavy (non-hydrogen) atoms. The van der Waals surface area contributed by atoms with Gasteiger partial charge in [-0.3, -0.25) is 4.79 Å². The van der Waals surface area contributed by atoms with Gasteiger partial charge < -0.3 is 21.0 Å². The fraction of sp³-hybridized carbons (Fsp3) is 0.778. The second-order valence-electron chi connectivity index (χ2n) is 3.14. The molecule has 0 aromatic carbocycles. The molecular formula is C9H19N3O3. The van der Waals surface area contributed by atoms with Crippen molar-refractivity contribution < 1.29 is 14.7 Å². The van der Waals surface area contributed by atoms with Gasteiger partial charge in [-0.15, -0.1) is 0 Å². The topological polar surface area (TPSA) is 96.9 Å². The highest BCUT2D eigenvalue weighted by Crippen LogP contribution is 1.93. The summed E-state index contributed by atoms with van der Waals surface area (Å²) in [6.07, 6.45) is 2.54. The number of ether oxygens (including phenoxy) is 1. The minimum Gasteiger partial charge on any atom is -0.409 e. The van der Waals surface area contributed by atoms with Crippen LogP contribution in [0.3, 0.4) is 0 Å². The van der Waals surface area contributed by atoms with Crippen LogP contribution >= 0.6 is 0 Å². The van der Waals surface area contributed by atoms with Crippen molar-refractivity contribution in [2.75, 3.05) is 20.3 Å². The van der Waals surface area contributed by atoms with Crippen LogP contribution in [0, 0.1) is 0 Å². The number of amides is 1. The predicted octanol–water partition coefficient (Wildman–Crippen LogP) is 0.0558. The first-order valence-corrected chi connectivity index (χ1v) is 4.92. The molecule has 0 unspecified atom stereocenters. The molecule has 0 saturated heterocycles. The highest BCUT2D eigenvalue weighted by Gasteiger charge is 1.99. The zero-order chi connectivity index (χ0) is 11.5. The van der Waals surface area contributed by atoms with E-state index >= 15 is 0 Å². The number of unbranched alkanes of at least 4 members (excludes halogenated alkanes) is 1. The van der Waals surface area contributed by atoms with Crippen molar-refractivity contribution >= 4 is 11.7 Å². The van der Waals surface area contributed by atoms with Gasteiger partial charge in [-0.25, -0.2) is 0 Å². The third-order valence-electron chi connectivity index (χ3n) is 1.84. The van der Waals surface area contributed by atoms with Crippen molar-refractivity contribution in [1.29, 1.82) is 0 Å². The summed E-state index contributed by atoms with van der Waals surface area (Å²) in [5.74, 6) is 0.210. The summed E-state index contributed by atoms with van der Waals surface area (Å²) in [7, 11) is 1.56. The normalized spacial score (nSPS) is 11.4. The number of oxime groups is 1. The number of rotatable bonds is 8. The van der Waals surface area contributed by atoms with E-state index in [1.807, 2.05) is 0 Å². The van der Waals surface area contributed by atoms with Crippen LogP contribution in [-0.2, 0) is 9.53 Å². The average molecular weight is 217 g/mol. The van der Waals surface area contributed by atoms with E-state index in [0.29, 0.717) is 26.0 Å². The third kappa shape index (κ3) is 9.01. The van der Waals surface area contributed by atoms with Gasteiger partial charge in [-0.2, -0.15) is 0 Å². The monoisotopic (exact) mass is 217 g/mol. The molecule has 0 saturated carbocycles. The Bertz CT molecular complexity index is 207. The van der Waals surface area contributed by atoms with Crippen LogP contribution in [0.15, 0.2) is 5.16 Å². The summed E-state index contributed by atoms with van der Waals surface area (Å²) in [6, 6.07) is 0. The van der Waals surface area contributed by atoms with Crippen molar-refractivity contribution in [2.24, 2.45) is 10.9 Å². The van der Waals surface area contributed by atoms with Gasteiger partial charge in [-0.1, -0.05) is 5.16 Å². The van der Waals surface area contributed by atoms with E-state index in [2.05, 4.69) is 10.5 Å². The standard InChI is InChI=1S/C9H19N3O3/c1-15-7-5-9(13)11-6-3-2-4-8(10)12-14/h14H,2-7H2,1H3,(H2,10,12)(H,11,13). The van der Waals surface area contributed by atoms with Crippen molar-refractivity contribution in [3.8, 4) is 0 Å². The summed E-state index contributed by atoms with van der Waals surface area (Å²) >= 11 is 0. The number of carbonyl (C=O) groups is 1. The highest BCUT2D eigenvalue weighted by molar-refractivity contribution is 5.79. The number of nitrogens with two attached hydrogens (primary N) is 1. The van der Waals surface area contributed by atoms with E-state index in [1.165, 1.54) is 0 Å². The molecule has 0 aliphatic carbocycles. The molecule has 1 amide bonds. The van der Waals surface area contributed by atoms with Crippen LogP contribution in [-0.4, -0.2) is 37.2 Å². The summed E-state index contributed by atoms with van der Waals surface area (Å²) in [5, 5.41) is 13.9. The van der Waals surface area contributed by atoms with Crippen LogP contribution in [0.5, 0.6) is 0 Å². The molecule has 0 rings (SSSR count). The fourth-order valence-corrected chi connectivity index (χ4v) is 0.992. The minimum atomic E-state index is -0.0133. The highest BCUT2D eigenvalue weighted by atomic mass is 16.5. The van der Waals surface area contributed by atoms with Crippen LogP contribution < -0.4 is 11.1 Å². The molecule has 88 valence electrons. The molecule has 0 aliphatic heterocycles. The smallest absolute Gasteiger partial charge is 0.222 e. The first-order valence-electron chi connectivity index (χ1n) is 4.92. The van der Waals surface area contributed by atoms with E-state index in [-0.39, 0.29) is 11.7 Å². The Hall–Kier alpha value is -1.30. The van der Waals surface area contributed by atoms with Gasteiger partial charge in [0, 0.05) is 26.5 Å². The Morgan fingerprint density at radius 2 is 2.20 bits per heavy atom. The molecule has 0 spiro atoms. The number of hydrogen-bond acceptors (Lipinski definition) is 4. The molecule has 0 bridgehead atoms. The number of carbonyl (C=O) groups excluding carboxylic acids is 1. The van der Waals surface area contributed by atoms with E-state index in [9.17, 15) is 4.79 Å². The van der Waals surface area contributed by atoms with Gasteiger partial charge in [-0.05, 0) is 12.8 Å². The summed E-state index contributed by atoms with van der Waals surface area (Å²) in [5.41, 5.74) is 5.28. The largest absolute Gasteiger partial charge is 0.409 e. The minimum absolute atomic E-state index is 0.0133. The first-order chi connectivity index (χ1) is 7.20. The second-order valence-corrected chi connectivity index (χ2v) is 3.14. The predicted molar refractivity (Wildman–Crippen MR) is 56.8 cm³/mol. The molecule has 0 aliphatic rings. The SMILES string of the molecule is COCCC(=O)NCCCCC(N)=NO. The van der Waals surface area contributed by atoms with Gasteiger partial charge in [0.05, 0.1) is 6.61 Å². The lowest BCUT2D eigenvalue weighted by Crippen LogP contribution is -2.25. The van der Waals surface area contributed by atoms with Crippen molar-refractivity contribution in [1.82, 2.24) is 5.32 Å². The lowest BCUT2D eigenvalue weighted by atomic mass is 10.2. The van der Waals surface area contributed by atoms with E-state index in [0.717, 1.165) is 12.8 Å². The molecule has 6 nitrogen and oxygen atoms in total. The van der Waals surface area contributed by atoms with Crippen molar-refractivity contribution in [2.45, 2.75) is 25.7 Å². The zero-order valence-corrected chi connectivity index (χ0v) is 9.03. The van der Waals surface area contributed by atoms with E-state index in [1.54, 1.807) is 7.11 Å². The van der Waals surface area contributed by atoms with Gasteiger partial charge in [0.1, 0.15) is 5.84 Å². The molecule has 0 radical (unpaired) electrons. The van der Waals surface area contributed by atoms with Gasteiger partial charge in [0.15, 0.2) is 0 Å². The van der Waals surface area contributed by atoms with Crippen molar-refractivity contribution in [3.05, 3.63) is 0 Å². The van der Waals surface area contributed by atoms with Gasteiger partial charge in [0.2, 0.25) is 5.91 Å². The lowest BCUT2D eigenvalue weighted by Gasteiger charge is -2.04. The molecule has 0 aromatic heterocycles. The summed E-state index contributed by atoms with van der Waals surface area (Å²) < 4.78 is 4.77. The molecule has 0 heterocycles. The van der Waals surface area contributed by atoms with Gasteiger partial charge >= 0.3 is 0 Å². The fourth-order valence-electron chi connectivity index (χ4n) is 0.992. The second kappa shape index (κ2) is 9.26. The van der Waals surface area contributed by atoms with Crippen molar-refractivity contribution in [3.63, 3.8) is 0 Å². The lowest BCUT2D eigenvalue weighted by molar-refractivity contribution is -0.121. The quantitative estimate of drug-likeness (QED) is 0.176. The van der Waals surface area contributed by atoms with Gasteiger partial charge in [0.25, 0.3) is 0 Å². The number of amidine groups is 1. The Kier molecular flexibility index (Phi) is 8.46. The maximum Gasteiger partial charge on any atom is 0.222 e. The molecule has 0 atom stereocenters. The Balaban J connectivity index is 3.27. The first kappa shape index (κ1) is 13.7. The summed E-state index contributed by atoms with van der Waals surface area (Å²) in [6.45, 7) is 1.05. The molecule has 0 aromatic rings. The Morgan fingerprint density at radius 1 is 1.47 bits per heavy atom. The van der Waals surface area contributed by atoms with E-state index in [4.69, 9.17) is 15.7 Å². The molecule has 0 fully saturated rings.